The van der Waals surface area contributed by atoms with Crippen LogP contribution in [0, 0.1) is 6.92 Å². The molecule has 0 saturated heterocycles. The third kappa shape index (κ3) is 7.43. The van der Waals surface area contributed by atoms with Crippen LogP contribution in [0.1, 0.15) is 46.1 Å². The van der Waals surface area contributed by atoms with E-state index in [2.05, 4.69) is 0 Å². The normalized spacial score (nSPS) is 12.8. The largest absolute Gasteiger partial charge is 0.533 e. The van der Waals surface area contributed by atoms with Crippen LogP contribution in [0.25, 0.3) is 0 Å². The Morgan fingerprint density at radius 2 is 1.43 bits per heavy atom. The average molecular weight is 477 g/mol. The highest BCUT2D eigenvalue weighted by atomic mass is 32.2. The van der Waals surface area contributed by atoms with Crippen molar-refractivity contribution in [3.63, 3.8) is 0 Å². The zero-order valence-corrected chi connectivity index (χ0v) is 19.7. The predicted octanol–water partition coefficient (Wildman–Crippen LogP) is 2.09. The van der Waals surface area contributed by atoms with Crippen molar-refractivity contribution in [3.05, 3.63) is 40.6 Å². The topological polar surface area (TPSA) is 99.1 Å². The second-order valence-corrected chi connectivity index (χ2v) is 11.0. The minimum Gasteiger partial charge on any atom is -0.478 e. The quantitative estimate of drug-likeness (QED) is 0.344. The van der Waals surface area contributed by atoms with Crippen LogP contribution in [0.4, 0.5) is 0 Å². The first kappa shape index (κ1) is 28.7. The highest BCUT2D eigenvalue weighted by Crippen LogP contribution is 2.29. The molecule has 172 valence electrons. The fourth-order valence-electron chi connectivity index (χ4n) is 2.99. The van der Waals surface area contributed by atoms with Crippen LogP contribution >= 0.6 is 0 Å². The molecule has 0 radical (unpaired) electrons. The van der Waals surface area contributed by atoms with Crippen molar-refractivity contribution >= 4 is 35.6 Å². The molecule has 0 atom stereocenters. The van der Waals surface area contributed by atoms with Gasteiger partial charge in [-0.15, -0.1) is 0 Å². The summed E-state index contributed by atoms with van der Waals surface area (Å²) >= 11 is 0. The minimum absolute atomic E-state index is 0. The molecule has 0 bridgehead atoms. The molecule has 7 nitrogen and oxygen atoms in total. The third-order valence-corrected chi connectivity index (χ3v) is 9.17. The van der Waals surface area contributed by atoms with Crippen LogP contribution in [0.3, 0.4) is 0 Å². The van der Waals surface area contributed by atoms with Gasteiger partial charge in [-0.05, 0) is 57.2 Å². The average Bonchev–Trinajstić information content (AvgIpc) is 2.65. The van der Waals surface area contributed by atoms with Gasteiger partial charge in [0.05, 0.1) is 16.2 Å². The Morgan fingerprint density at radius 3 is 1.80 bits per heavy atom. The summed E-state index contributed by atoms with van der Waals surface area (Å²) in [5.74, 6) is -1.96. The lowest BCUT2D eigenvalue weighted by Crippen LogP contribution is -2.50. The molecule has 1 aromatic rings. The summed E-state index contributed by atoms with van der Waals surface area (Å²) in [6, 6.07) is 6.34. The first-order valence-corrected chi connectivity index (χ1v) is 13.2. The number of benzene rings is 1. The second kappa shape index (κ2) is 13.2. The molecule has 30 heavy (non-hydrogen) atoms. The molecule has 1 rings (SSSR count). The first-order chi connectivity index (χ1) is 13.7. The molecule has 10 heteroatoms. The molecule has 0 amide bonds. The van der Waals surface area contributed by atoms with Crippen LogP contribution in [-0.2, 0) is 27.9 Å². The lowest BCUT2D eigenvalue weighted by Gasteiger charge is -2.31. The van der Waals surface area contributed by atoms with Crippen LogP contribution in [0.5, 0.6) is 0 Å². The molecule has 0 fully saturated rings. The Hall–Kier alpha value is -1.31. The number of hydrogen-bond donors (Lipinski definition) is 1. The Kier molecular flexibility index (Phi) is 12.6. The molecule has 0 aliphatic heterocycles. The Bertz CT molecular complexity index is 788. The van der Waals surface area contributed by atoms with Gasteiger partial charge in [0.2, 0.25) is 0 Å². The van der Waals surface area contributed by atoms with E-state index < -0.39 is 30.4 Å². The first-order valence-electron chi connectivity index (χ1n) is 9.84. The van der Waals surface area contributed by atoms with Gasteiger partial charge in [0.25, 0.3) is 0 Å². The molecule has 0 aromatic heterocycles. The van der Waals surface area contributed by atoms with Crippen LogP contribution in [-0.4, -0.2) is 64.8 Å². The fourth-order valence-corrected chi connectivity index (χ4v) is 7.55. The Morgan fingerprint density at radius 1 is 0.967 bits per heavy atom. The van der Waals surface area contributed by atoms with Gasteiger partial charge < -0.3 is 18.4 Å². The fraction of sp³-hybridized carbons (Fsp3) is 0.550. The zero-order chi connectivity index (χ0) is 22.1. The lowest BCUT2D eigenvalue weighted by atomic mass is 10.2. The smallest absolute Gasteiger partial charge is 0.478 e. The van der Waals surface area contributed by atoms with E-state index >= 15 is 0 Å². The maximum atomic E-state index is 13.0. The van der Waals surface area contributed by atoms with E-state index in [4.69, 9.17) is 13.3 Å². The van der Waals surface area contributed by atoms with Crippen LogP contribution in [0.2, 0.25) is 0 Å². The van der Waals surface area contributed by atoms with Gasteiger partial charge in [-0.2, -0.15) is 0 Å². The predicted molar refractivity (Wildman–Crippen MR) is 125 cm³/mol. The number of hydrogen-bond acceptors (Lipinski definition) is 6. The van der Waals surface area contributed by atoms with Gasteiger partial charge in [-0.1, -0.05) is 31.0 Å². The highest BCUT2D eigenvalue weighted by molar-refractivity contribution is 7.91. The summed E-state index contributed by atoms with van der Waals surface area (Å²) < 4.78 is 43.5. The van der Waals surface area contributed by atoms with Crippen molar-refractivity contribution in [3.8, 4) is 0 Å². The SMILES string of the molecule is CCCC(=C(CS(=O)(=O)c1ccc(C)cc1)C(=O)O)[Si](OCC)(OCC)OCC.[SiH4]. The van der Waals surface area contributed by atoms with E-state index in [9.17, 15) is 18.3 Å². The van der Waals surface area contributed by atoms with Crippen molar-refractivity contribution < 1.29 is 31.6 Å². The third-order valence-electron chi connectivity index (χ3n) is 4.21. The van der Waals surface area contributed by atoms with E-state index in [0.717, 1.165) is 5.56 Å². The molecule has 1 aromatic carbocycles. The lowest BCUT2D eigenvalue weighted by molar-refractivity contribution is -0.132. The van der Waals surface area contributed by atoms with Crippen molar-refractivity contribution in [1.82, 2.24) is 0 Å². The number of rotatable bonds is 13. The zero-order valence-electron chi connectivity index (χ0n) is 17.9. The van der Waals surface area contributed by atoms with Gasteiger partial charge >= 0.3 is 14.8 Å². The second-order valence-electron chi connectivity index (χ2n) is 6.44. The molecule has 0 spiro atoms. The summed E-state index contributed by atoms with van der Waals surface area (Å²) in [4.78, 5) is 12.2. The number of carboxylic acid groups (broad SMARTS) is 1. The molecule has 0 unspecified atom stereocenters. The molecular formula is C20H36O7SSi2. The number of carbonyl (C=O) groups is 1. The maximum Gasteiger partial charge on any atom is 0.533 e. The van der Waals surface area contributed by atoms with Crippen molar-refractivity contribution in [2.75, 3.05) is 25.6 Å². The summed E-state index contributed by atoms with van der Waals surface area (Å²) in [6.45, 7) is 9.83. The molecule has 0 heterocycles. The number of aryl methyl sites for hydroxylation is 1. The summed E-state index contributed by atoms with van der Waals surface area (Å²) in [6.07, 6.45) is 0.913. The van der Waals surface area contributed by atoms with Crippen molar-refractivity contribution in [2.45, 2.75) is 52.4 Å². The minimum atomic E-state index is -3.87. The van der Waals surface area contributed by atoms with Gasteiger partial charge in [0.1, 0.15) is 0 Å². The maximum absolute atomic E-state index is 13.0. The van der Waals surface area contributed by atoms with Gasteiger partial charge in [0.15, 0.2) is 9.84 Å². The number of carboxylic acids is 1. The highest BCUT2D eigenvalue weighted by Gasteiger charge is 2.48. The van der Waals surface area contributed by atoms with Crippen LogP contribution < -0.4 is 0 Å². The van der Waals surface area contributed by atoms with E-state index in [0.29, 0.717) is 18.0 Å². The Labute approximate surface area is 185 Å². The summed E-state index contributed by atoms with van der Waals surface area (Å²) in [5, 5.41) is 10.3. The molecule has 0 aliphatic carbocycles. The standard InChI is InChI=1S/C20H32O7SSi.H4Si/c1-6-10-19(29(25-7-2,26-8-3)27-9-4)18(20(21)22)15-28(23,24)17-13-11-16(5)12-14-17;/h11-14H,6-10,15H2,1-5H3,(H,21,22);1H4. The van der Waals surface area contributed by atoms with Crippen molar-refractivity contribution in [2.24, 2.45) is 0 Å². The molecular weight excluding hydrogens is 440 g/mol. The van der Waals surface area contributed by atoms with Gasteiger partial charge in [-0.3, -0.25) is 0 Å². The van der Waals surface area contributed by atoms with Crippen molar-refractivity contribution in [1.29, 1.82) is 0 Å². The molecule has 0 saturated carbocycles. The monoisotopic (exact) mass is 476 g/mol. The van der Waals surface area contributed by atoms with E-state index in [1.165, 1.54) is 12.1 Å². The van der Waals surface area contributed by atoms with E-state index in [-0.39, 0.29) is 41.3 Å². The summed E-state index contributed by atoms with van der Waals surface area (Å²) in [7, 11) is -7.42. The van der Waals surface area contributed by atoms with E-state index in [1.807, 2.05) is 13.8 Å². The number of allylic oxidation sites excluding steroid dienone is 1. The van der Waals surface area contributed by atoms with Gasteiger partial charge in [-0.25, -0.2) is 13.2 Å². The van der Waals surface area contributed by atoms with Gasteiger partial charge in [0, 0.05) is 25.0 Å². The van der Waals surface area contributed by atoms with E-state index in [1.54, 1.807) is 32.9 Å². The number of aliphatic carboxylic acids is 1. The molecule has 0 aliphatic rings. The Balaban J connectivity index is 0.00000841. The summed E-state index contributed by atoms with van der Waals surface area (Å²) in [5.41, 5.74) is 0.689. The number of sulfone groups is 1. The van der Waals surface area contributed by atoms with Crippen LogP contribution in [0.15, 0.2) is 39.9 Å². The molecule has 1 N–H and O–H groups in total.